The van der Waals surface area contributed by atoms with Crippen molar-refractivity contribution in [2.24, 2.45) is 0 Å². The average molecular weight is 436 g/mol. The summed E-state index contributed by atoms with van der Waals surface area (Å²) in [6.45, 7) is 1.99. The van der Waals surface area contributed by atoms with E-state index in [4.69, 9.17) is 11.6 Å². The molecule has 0 spiro atoms. The maximum atomic E-state index is 13.2. The highest BCUT2D eigenvalue weighted by Crippen LogP contribution is 2.23. The Morgan fingerprint density at radius 3 is 2.60 bits per heavy atom. The summed E-state index contributed by atoms with van der Waals surface area (Å²) in [4.78, 5) is 30.3. The Bertz CT molecular complexity index is 1290. The van der Waals surface area contributed by atoms with Gasteiger partial charge in [0.1, 0.15) is 0 Å². The van der Waals surface area contributed by atoms with Gasteiger partial charge in [-0.25, -0.2) is 4.98 Å². The van der Waals surface area contributed by atoms with Gasteiger partial charge >= 0.3 is 0 Å². The van der Waals surface area contributed by atoms with Crippen molar-refractivity contribution in [2.75, 3.05) is 11.1 Å². The Hall–Kier alpha value is -3.09. The molecule has 4 aromatic rings. The molecule has 3 aromatic carbocycles. The molecule has 150 valence electrons. The number of halogens is 1. The number of rotatable bonds is 5. The van der Waals surface area contributed by atoms with Gasteiger partial charge in [0, 0.05) is 10.7 Å². The predicted octanol–water partition coefficient (Wildman–Crippen LogP) is 5.08. The number of hydrogen-bond acceptors (Lipinski definition) is 4. The molecule has 0 saturated heterocycles. The number of fused-ring (bicyclic) bond motifs is 1. The van der Waals surface area contributed by atoms with Crippen molar-refractivity contribution >= 4 is 45.9 Å². The summed E-state index contributed by atoms with van der Waals surface area (Å²) in [7, 11) is 0. The Balaban J connectivity index is 1.67. The molecule has 30 heavy (non-hydrogen) atoms. The van der Waals surface area contributed by atoms with E-state index in [0.29, 0.717) is 26.8 Å². The standard InChI is InChI=1S/C23H18ClN3O2S/c1-15-9-11-17(12-10-15)25-21(28)14-30-23-26-20-8-3-2-7-19(20)22(29)27(23)18-6-4-5-16(24)13-18/h2-13H,14H2,1H3,(H,25,28). The lowest BCUT2D eigenvalue weighted by atomic mass is 10.2. The Morgan fingerprint density at radius 1 is 1.07 bits per heavy atom. The number of benzene rings is 3. The Kier molecular flexibility index (Phi) is 5.88. The second-order valence-electron chi connectivity index (χ2n) is 6.73. The number of aromatic nitrogens is 2. The van der Waals surface area contributed by atoms with Gasteiger partial charge in [0.25, 0.3) is 5.56 Å². The highest BCUT2D eigenvalue weighted by molar-refractivity contribution is 7.99. The molecule has 5 nitrogen and oxygen atoms in total. The maximum absolute atomic E-state index is 13.2. The van der Waals surface area contributed by atoms with Gasteiger partial charge in [-0.3, -0.25) is 14.2 Å². The van der Waals surface area contributed by atoms with E-state index in [2.05, 4.69) is 10.3 Å². The third-order valence-corrected chi connectivity index (χ3v) is 5.65. The van der Waals surface area contributed by atoms with Gasteiger partial charge < -0.3 is 5.32 Å². The lowest BCUT2D eigenvalue weighted by molar-refractivity contribution is -0.113. The van der Waals surface area contributed by atoms with Gasteiger partial charge in [0.2, 0.25) is 5.91 Å². The summed E-state index contributed by atoms with van der Waals surface area (Å²) in [5.41, 5.74) is 2.83. The van der Waals surface area contributed by atoms with Gasteiger partial charge in [0.05, 0.1) is 22.3 Å². The minimum atomic E-state index is -0.204. The highest BCUT2D eigenvalue weighted by atomic mass is 35.5. The lowest BCUT2D eigenvalue weighted by Gasteiger charge is -2.13. The van der Waals surface area contributed by atoms with E-state index in [-0.39, 0.29) is 17.2 Å². The molecular formula is C23H18ClN3O2S. The van der Waals surface area contributed by atoms with E-state index < -0.39 is 0 Å². The number of amides is 1. The number of aryl methyl sites for hydroxylation is 1. The molecule has 0 atom stereocenters. The largest absolute Gasteiger partial charge is 0.325 e. The van der Waals surface area contributed by atoms with Crippen molar-refractivity contribution in [1.29, 1.82) is 0 Å². The summed E-state index contributed by atoms with van der Waals surface area (Å²) >= 11 is 7.34. The lowest BCUT2D eigenvalue weighted by Crippen LogP contribution is -2.23. The molecule has 0 saturated carbocycles. The highest BCUT2D eigenvalue weighted by Gasteiger charge is 2.15. The minimum Gasteiger partial charge on any atom is -0.325 e. The van der Waals surface area contributed by atoms with Crippen LogP contribution in [0.4, 0.5) is 5.69 Å². The van der Waals surface area contributed by atoms with Crippen molar-refractivity contribution in [3.05, 3.63) is 93.7 Å². The zero-order chi connectivity index (χ0) is 21.1. The number of thioether (sulfide) groups is 1. The molecule has 1 N–H and O–H groups in total. The number of anilines is 1. The van der Waals surface area contributed by atoms with Crippen molar-refractivity contribution in [3.63, 3.8) is 0 Å². The quantitative estimate of drug-likeness (QED) is 0.351. The molecule has 0 aliphatic rings. The van der Waals surface area contributed by atoms with Gasteiger partial charge in [-0.05, 0) is 49.4 Å². The first-order valence-corrected chi connectivity index (χ1v) is 10.6. The molecule has 0 unspecified atom stereocenters. The van der Waals surface area contributed by atoms with E-state index in [1.807, 2.05) is 37.3 Å². The van der Waals surface area contributed by atoms with Gasteiger partial charge in [-0.2, -0.15) is 0 Å². The normalized spacial score (nSPS) is 10.9. The smallest absolute Gasteiger partial charge is 0.266 e. The molecule has 4 rings (SSSR count). The topological polar surface area (TPSA) is 64.0 Å². The molecule has 0 bridgehead atoms. The van der Waals surface area contributed by atoms with E-state index >= 15 is 0 Å². The Morgan fingerprint density at radius 2 is 1.83 bits per heavy atom. The molecule has 0 radical (unpaired) electrons. The van der Waals surface area contributed by atoms with Crippen LogP contribution in [0, 0.1) is 6.92 Å². The van der Waals surface area contributed by atoms with E-state index in [9.17, 15) is 9.59 Å². The van der Waals surface area contributed by atoms with Crippen LogP contribution < -0.4 is 10.9 Å². The van der Waals surface area contributed by atoms with Crippen molar-refractivity contribution in [2.45, 2.75) is 12.1 Å². The molecule has 7 heteroatoms. The van der Waals surface area contributed by atoms with Gasteiger partial charge in [-0.15, -0.1) is 0 Å². The van der Waals surface area contributed by atoms with Crippen LogP contribution in [0.1, 0.15) is 5.56 Å². The monoisotopic (exact) mass is 435 g/mol. The fourth-order valence-electron chi connectivity index (χ4n) is 3.02. The van der Waals surface area contributed by atoms with Crippen LogP contribution >= 0.6 is 23.4 Å². The number of hydrogen-bond donors (Lipinski definition) is 1. The molecule has 1 heterocycles. The summed E-state index contributed by atoms with van der Waals surface area (Å²) in [6.07, 6.45) is 0. The molecule has 0 aliphatic carbocycles. The molecule has 0 aliphatic heterocycles. The van der Waals surface area contributed by atoms with Crippen LogP contribution in [0.5, 0.6) is 0 Å². The molecule has 0 fully saturated rings. The summed E-state index contributed by atoms with van der Waals surface area (Å²) < 4.78 is 1.50. The van der Waals surface area contributed by atoms with Crippen LogP contribution in [0.2, 0.25) is 5.02 Å². The summed E-state index contributed by atoms with van der Waals surface area (Å²) in [6, 6.07) is 21.8. The molecular weight excluding hydrogens is 418 g/mol. The summed E-state index contributed by atoms with van der Waals surface area (Å²) in [5, 5.41) is 4.31. The van der Waals surface area contributed by atoms with Crippen LogP contribution in [-0.2, 0) is 4.79 Å². The third-order valence-electron chi connectivity index (χ3n) is 4.48. The predicted molar refractivity (Wildman–Crippen MR) is 123 cm³/mol. The zero-order valence-electron chi connectivity index (χ0n) is 16.1. The van der Waals surface area contributed by atoms with Crippen molar-refractivity contribution in [1.82, 2.24) is 9.55 Å². The Labute approximate surface area is 182 Å². The van der Waals surface area contributed by atoms with Crippen LogP contribution in [0.3, 0.4) is 0 Å². The van der Waals surface area contributed by atoms with Crippen LogP contribution in [-0.4, -0.2) is 21.2 Å². The van der Waals surface area contributed by atoms with Crippen molar-refractivity contribution < 1.29 is 4.79 Å². The van der Waals surface area contributed by atoms with Crippen LogP contribution in [0.15, 0.2) is 82.7 Å². The van der Waals surface area contributed by atoms with Gasteiger partial charge in [0.15, 0.2) is 5.16 Å². The number of nitrogens with zero attached hydrogens (tertiary/aromatic N) is 2. The maximum Gasteiger partial charge on any atom is 0.266 e. The minimum absolute atomic E-state index is 0.110. The van der Waals surface area contributed by atoms with E-state index in [1.54, 1.807) is 42.5 Å². The number of para-hydroxylation sites is 1. The van der Waals surface area contributed by atoms with Crippen LogP contribution in [0.25, 0.3) is 16.6 Å². The summed E-state index contributed by atoms with van der Waals surface area (Å²) in [5.74, 6) is -0.0666. The first-order valence-electron chi connectivity index (χ1n) is 9.28. The first kappa shape index (κ1) is 20.2. The fraction of sp³-hybridized carbons (Fsp3) is 0.0870. The zero-order valence-corrected chi connectivity index (χ0v) is 17.7. The third kappa shape index (κ3) is 4.40. The SMILES string of the molecule is Cc1ccc(NC(=O)CSc2nc3ccccc3c(=O)n2-c2cccc(Cl)c2)cc1. The van der Waals surface area contributed by atoms with E-state index in [0.717, 1.165) is 11.3 Å². The second-order valence-corrected chi connectivity index (χ2v) is 8.11. The van der Waals surface area contributed by atoms with E-state index in [1.165, 1.54) is 16.3 Å². The molecule has 1 aromatic heterocycles. The second kappa shape index (κ2) is 8.73. The number of nitrogens with one attached hydrogen (secondary N) is 1. The van der Waals surface area contributed by atoms with Gasteiger partial charge in [-0.1, -0.05) is 59.3 Å². The average Bonchev–Trinajstić information content (AvgIpc) is 2.74. The molecule has 1 amide bonds. The fourth-order valence-corrected chi connectivity index (χ4v) is 4.01. The first-order chi connectivity index (χ1) is 14.5. The number of carbonyl (C=O) groups is 1. The van der Waals surface area contributed by atoms with Crippen molar-refractivity contribution in [3.8, 4) is 5.69 Å². The number of carbonyl (C=O) groups excluding carboxylic acids is 1.